The van der Waals surface area contributed by atoms with Gasteiger partial charge >= 0.3 is 5.97 Å². The highest BCUT2D eigenvalue weighted by Crippen LogP contribution is 2.57. The highest BCUT2D eigenvalue weighted by atomic mass is 19.1. The number of fused-ring (bicyclic) bond motifs is 5. The first-order valence-corrected chi connectivity index (χ1v) is 17.8. The number of carbonyl (C=O) groups is 4. The maximum Gasteiger partial charge on any atom is 0.341 e. The Morgan fingerprint density at radius 2 is 1.67 bits per heavy atom. The standard InChI is InChI=1S/C40H40FNO15/c1-15-10-17-11-25(45)40(56-5)35(50)27-20(34(49)39(40,53)29(17)32(48)26(15)37(51)55-4)12-22-28(31(27)47)23(44)13-24(38(22,52)18-6-8-19(41)9-7-18)42-36-21(14-43)30(46)33(54-3)16(2)57-36/h6-10,12-13,16,21,25,30,33,36,42-43,45-48,52-53H,11,14H2,1-5H3/t16-,21+,25+,30-,33-,36-,38?,39-,40+/m0/s1. The van der Waals surface area contributed by atoms with Crippen molar-refractivity contribution in [3.63, 3.8) is 0 Å². The van der Waals surface area contributed by atoms with Gasteiger partial charge in [-0.25, -0.2) is 9.18 Å². The van der Waals surface area contributed by atoms with E-state index in [4.69, 9.17) is 18.9 Å². The van der Waals surface area contributed by atoms with Crippen LogP contribution in [-0.2, 0) is 36.6 Å². The average molecular weight is 794 g/mol. The summed E-state index contributed by atoms with van der Waals surface area (Å²) in [5, 5.41) is 85.0. The van der Waals surface area contributed by atoms with E-state index in [2.05, 4.69) is 5.32 Å². The number of aliphatic hydroxyl groups is 5. The zero-order chi connectivity index (χ0) is 41.7. The molecule has 3 aromatic carbocycles. The average Bonchev–Trinajstić information content (AvgIpc) is 3.16. The summed E-state index contributed by atoms with van der Waals surface area (Å²) in [6.45, 7) is 2.34. The molecule has 0 saturated carbocycles. The zero-order valence-electron chi connectivity index (χ0n) is 31.2. The molecule has 1 aliphatic heterocycles. The molecule has 0 radical (unpaired) electrons. The van der Waals surface area contributed by atoms with Crippen molar-refractivity contribution in [2.75, 3.05) is 27.9 Å². The third-order valence-corrected chi connectivity index (χ3v) is 11.8. The molecule has 302 valence electrons. The number of nitrogens with one attached hydrogen (secondary N) is 1. The zero-order valence-corrected chi connectivity index (χ0v) is 31.2. The minimum absolute atomic E-state index is 0.0439. The maximum absolute atomic E-state index is 15.0. The Labute approximate surface area is 323 Å². The Morgan fingerprint density at radius 3 is 2.26 bits per heavy atom. The van der Waals surface area contributed by atoms with Gasteiger partial charge in [0.1, 0.15) is 35.2 Å². The number of halogens is 1. The molecule has 57 heavy (non-hydrogen) atoms. The Kier molecular flexibility index (Phi) is 9.69. The summed E-state index contributed by atoms with van der Waals surface area (Å²) < 4.78 is 36.1. The molecule has 7 rings (SSSR count). The number of aromatic hydroxyl groups is 2. The Morgan fingerprint density at radius 1 is 1.00 bits per heavy atom. The molecular formula is C40H40FNO15. The third-order valence-electron chi connectivity index (χ3n) is 11.8. The predicted molar refractivity (Wildman–Crippen MR) is 191 cm³/mol. The van der Waals surface area contributed by atoms with E-state index in [1.165, 1.54) is 20.1 Å². The van der Waals surface area contributed by atoms with Gasteiger partial charge in [0.25, 0.3) is 0 Å². The predicted octanol–water partition coefficient (Wildman–Crippen LogP) is 0.536. The summed E-state index contributed by atoms with van der Waals surface area (Å²) in [7, 11) is 3.26. The van der Waals surface area contributed by atoms with Crippen LogP contribution >= 0.6 is 0 Å². The third kappa shape index (κ3) is 5.20. The van der Waals surface area contributed by atoms with Gasteiger partial charge in [-0.1, -0.05) is 18.2 Å². The number of esters is 1. The number of ketones is 3. The number of benzene rings is 3. The fraction of sp³-hybridized carbons (Fsp3) is 0.400. The second-order valence-electron chi connectivity index (χ2n) is 14.6. The first-order valence-electron chi connectivity index (χ1n) is 17.8. The van der Waals surface area contributed by atoms with Gasteiger partial charge in [0.2, 0.25) is 11.6 Å². The number of rotatable bonds is 7. The Balaban J connectivity index is 1.49. The lowest BCUT2D eigenvalue weighted by atomic mass is 9.56. The number of hydrogen-bond donors (Lipinski definition) is 8. The highest BCUT2D eigenvalue weighted by Gasteiger charge is 2.73. The molecule has 1 fully saturated rings. The molecule has 1 unspecified atom stereocenters. The summed E-state index contributed by atoms with van der Waals surface area (Å²) in [6, 6.07) is 6.43. The van der Waals surface area contributed by atoms with E-state index in [1.807, 2.05) is 0 Å². The number of carbonyl (C=O) groups excluding carboxylic acids is 4. The molecular weight excluding hydrogens is 753 g/mol. The molecule has 17 heteroatoms. The van der Waals surface area contributed by atoms with Crippen molar-refractivity contribution in [2.45, 2.75) is 67.7 Å². The molecule has 0 spiro atoms. The second kappa shape index (κ2) is 13.8. The van der Waals surface area contributed by atoms with E-state index in [0.29, 0.717) is 0 Å². The van der Waals surface area contributed by atoms with E-state index < -0.39 is 146 Å². The van der Waals surface area contributed by atoms with E-state index in [-0.39, 0.29) is 16.7 Å². The van der Waals surface area contributed by atoms with Crippen LogP contribution in [0.3, 0.4) is 0 Å². The van der Waals surface area contributed by atoms with Crippen LogP contribution in [0.25, 0.3) is 0 Å². The van der Waals surface area contributed by atoms with Gasteiger partial charge in [0.15, 0.2) is 22.6 Å². The van der Waals surface area contributed by atoms with E-state index in [1.54, 1.807) is 6.92 Å². The van der Waals surface area contributed by atoms with E-state index in [9.17, 15) is 54.5 Å². The van der Waals surface area contributed by atoms with Crippen molar-refractivity contribution in [2.24, 2.45) is 5.92 Å². The lowest BCUT2D eigenvalue weighted by molar-refractivity contribution is -0.216. The Bertz CT molecular complexity index is 2280. The van der Waals surface area contributed by atoms with Gasteiger partial charge in [0, 0.05) is 43.4 Å². The van der Waals surface area contributed by atoms with Crippen molar-refractivity contribution in [3.8, 4) is 11.5 Å². The fourth-order valence-electron chi connectivity index (χ4n) is 9.08. The minimum Gasteiger partial charge on any atom is -0.507 e. The number of Topliss-reactive ketones (excluding diaryl/α,β-unsaturated/α-hetero) is 2. The second-order valence-corrected chi connectivity index (χ2v) is 14.6. The summed E-state index contributed by atoms with van der Waals surface area (Å²) in [5.41, 5.74) is -13.4. The quantitative estimate of drug-likeness (QED) is 0.152. The van der Waals surface area contributed by atoms with Gasteiger partial charge in [-0.3, -0.25) is 14.4 Å². The van der Waals surface area contributed by atoms with Crippen molar-refractivity contribution >= 4 is 23.3 Å². The SMILES string of the molecule is COC(=O)c1c(C)cc2c(c1O)[C@]1(O)C(=O)c3cc4c(c(O)c3C(=O)[C@]1(OC)[C@H](O)C2)C(=O)C=C(N[C@H]1O[C@@H](C)[C@H](OC)[C@@H](O)[C@H]1CO)C4(O)c1ccc(F)cc1. The summed E-state index contributed by atoms with van der Waals surface area (Å²) in [5.74, 6) is -8.87. The normalized spacial score (nSPS) is 31.8. The van der Waals surface area contributed by atoms with E-state index in [0.717, 1.165) is 50.6 Å². The van der Waals surface area contributed by atoms with Gasteiger partial charge < -0.3 is 60.0 Å². The van der Waals surface area contributed by atoms with Crippen LogP contribution in [0.4, 0.5) is 4.39 Å². The van der Waals surface area contributed by atoms with Crippen molar-refractivity contribution < 1.29 is 78.3 Å². The lowest BCUT2D eigenvalue weighted by Gasteiger charge is -2.53. The fourth-order valence-corrected chi connectivity index (χ4v) is 9.08. The molecule has 4 aliphatic rings. The van der Waals surface area contributed by atoms with Crippen LogP contribution in [0.5, 0.6) is 11.5 Å². The first kappa shape index (κ1) is 40.1. The molecule has 0 amide bonds. The number of phenols is 2. The summed E-state index contributed by atoms with van der Waals surface area (Å²) in [4.78, 5) is 56.8. The van der Waals surface area contributed by atoms with Gasteiger partial charge in [-0.15, -0.1) is 0 Å². The Hall–Kier alpha value is -5.11. The summed E-state index contributed by atoms with van der Waals surface area (Å²) in [6.07, 6.45) is -5.98. The van der Waals surface area contributed by atoms with Crippen molar-refractivity contribution in [1.82, 2.24) is 5.32 Å². The van der Waals surface area contributed by atoms with Gasteiger partial charge in [0.05, 0.1) is 54.8 Å². The molecule has 1 saturated heterocycles. The molecule has 1 heterocycles. The van der Waals surface area contributed by atoms with Crippen LogP contribution in [-0.4, -0.2) is 123 Å². The van der Waals surface area contributed by atoms with E-state index >= 15 is 4.79 Å². The number of aliphatic hydroxyl groups excluding tert-OH is 3. The van der Waals surface area contributed by atoms with Crippen LogP contribution in [0.1, 0.15) is 76.2 Å². The van der Waals surface area contributed by atoms with Crippen LogP contribution in [0, 0.1) is 18.7 Å². The maximum atomic E-state index is 15.0. The van der Waals surface area contributed by atoms with Crippen molar-refractivity contribution in [3.05, 3.63) is 104 Å². The minimum atomic E-state index is -3.32. The van der Waals surface area contributed by atoms with Crippen LogP contribution in [0.15, 0.2) is 48.2 Å². The van der Waals surface area contributed by atoms with Gasteiger partial charge in [-0.2, -0.15) is 0 Å². The number of ether oxygens (including phenoxy) is 4. The van der Waals surface area contributed by atoms with Crippen LogP contribution in [0.2, 0.25) is 0 Å². The molecule has 3 aliphatic carbocycles. The largest absolute Gasteiger partial charge is 0.507 e. The number of allylic oxidation sites excluding steroid dienone is 1. The number of phenolic OH excluding ortho intramolecular Hbond substituents is 2. The monoisotopic (exact) mass is 793 g/mol. The first-order chi connectivity index (χ1) is 26.9. The number of hydrogen-bond acceptors (Lipinski definition) is 16. The molecule has 0 bridgehead atoms. The molecule has 16 nitrogen and oxygen atoms in total. The van der Waals surface area contributed by atoms with Crippen LogP contribution < -0.4 is 5.32 Å². The topological polar surface area (TPSA) is 259 Å². The smallest absolute Gasteiger partial charge is 0.341 e. The van der Waals surface area contributed by atoms with Gasteiger partial charge in [-0.05, 0) is 48.7 Å². The number of methoxy groups -OCH3 is 3. The molecule has 8 N–H and O–H groups in total. The van der Waals surface area contributed by atoms with Crippen molar-refractivity contribution in [1.29, 1.82) is 0 Å². The number of aryl methyl sites for hydroxylation is 1. The highest BCUT2D eigenvalue weighted by molar-refractivity contribution is 6.26. The lowest BCUT2D eigenvalue weighted by Crippen LogP contribution is -2.73. The molecule has 3 aromatic rings. The molecule has 0 aromatic heterocycles. The summed E-state index contributed by atoms with van der Waals surface area (Å²) >= 11 is 0. The molecule has 9 atom stereocenters.